The van der Waals surface area contributed by atoms with Crippen molar-refractivity contribution in [2.75, 3.05) is 31.1 Å². The van der Waals surface area contributed by atoms with Crippen molar-refractivity contribution in [3.8, 4) is 0 Å². The fourth-order valence-corrected chi connectivity index (χ4v) is 4.23. The molecule has 1 aliphatic heterocycles. The van der Waals surface area contributed by atoms with Crippen LogP contribution >= 0.6 is 11.8 Å². The molecule has 0 aromatic rings. The van der Waals surface area contributed by atoms with Gasteiger partial charge in [0, 0.05) is 24.9 Å². The summed E-state index contributed by atoms with van der Waals surface area (Å²) in [4.78, 5) is 2.68. The molecule has 0 bridgehead atoms. The summed E-state index contributed by atoms with van der Waals surface area (Å²) in [6.45, 7) is 3.40. The Hall–Kier alpha value is 0.270. The minimum absolute atomic E-state index is 0.664. The molecule has 1 saturated heterocycles. The van der Waals surface area contributed by atoms with Crippen molar-refractivity contribution in [3.05, 3.63) is 0 Å². The highest BCUT2D eigenvalue weighted by atomic mass is 32.2. The van der Waals surface area contributed by atoms with Crippen LogP contribution in [0.4, 0.5) is 0 Å². The van der Waals surface area contributed by atoms with Crippen LogP contribution in [0.2, 0.25) is 0 Å². The maximum absolute atomic E-state index is 6.02. The summed E-state index contributed by atoms with van der Waals surface area (Å²) in [5.41, 5.74) is 6.02. The lowest BCUT2D eigenvalue weighted by atomic mass is 9.84. The van der Waals surface area contributed by atoms with Crippen molar-refractivity contribution in [1.29, 1.82) is 0 Å². The van der Waals surface area contributed by atoms with Gasteiger partial charge >= 0.3 is 0 Å². The fraction of sp³-hybridized carbons (Fsp3) is 1.00. The molecule has 1 saturated carbocycles. The van der Waals surface area contributed by atoms with Crippen LogP contribution in [0.1, 0.15) is 44.9 Å². The highest BCUT2D eigenvalue weighted by Gasteiger charge is 2.23. The largest absolute Gasteiger partial charge is 0.329 e. The summed E-state index contributed by atoms with van der Waals surface area (Å²) in [6, 6.07) is 0.664. The molecule has 1 aliphatic carbocycles. The van der Waals surface area contributed by atoms with Gasteiger partial charge in [-0.3, -0.25) is 4.90 Å². The van der Waals surface area contributed by atoms with Crippen molar-refractivity contribution >= 4 is 11.8 Å². The third kappa shape index (κ3) is 4.46. The van der Waals surface area contributed by atoms with Crippen LogP contribution in [0, 0.1) is 5.92 Å². The third-order valence-corrected chi connectivity index (χ3v) is 5.42. The van der Waals surface area contributed by atoms with Crippen LogP contribution < -0.4 is 5.73 Å². The van der Waals surface area contributed by atoms with Crippen molar-refractivity contribution in [1.82, 2.24) is 4.90 Å². The van der Waals surface area contributed by atoms with Gasteiger partial charge in [0.25, 0.3) is 0 Å². The Morgan fingerprint density at radius 3 is 2.65 bits per heavy atom. The van der Waals surface area contributed by atoms with E-state index in [1.54, 1.807) is 0 Å². The number of rotatable bonds is 4. The molecule has 100 valence electrons. The number of nitrogens with two attached hydrogens (primary N) is 1. The first-order chi connectivity index (χ1) is 8.40. The maximum atomic E-state index is 6.02. The number of hydrogen-bond acceptors (Lipinski definition) is 3. The van der Waals surface area contributed by atoms with E-state index < -0.39 is 0 Å². The van der Waals surface area contributed by atoms with Gasteiger partial charge in [-0.05, 0) is 31.1 Å². The zero-order valence-electron chi connectivity index (χ0n) is 11.1. The van der Waals surface area contributed by atoms with Gasteiger partial charge in [0.1, 0.15) is 0 Å². The minimum Gasteiger partial charge on any atom is -0.329 e. The highest BCUT2D eigenvalue weighted by molar-refractivity contribution is 7.99. The molecule has 3 heteroatoms. The molecule has 0 aromatic heterocycles. The number of thioether (sulfide) groups is 1. The van der Waals surface area contributed by atoms with Gasteiger partial charge in [0.15, 0.2) is 0 Å². The molecular formula is C14H28N2S. The molecule has 1 unspecified atom stereocenters. The zero-order valence-corrected chi connectivity index (χ0v) is 11.9. The smallest absolute Gasteiger partial charge is 0.0221 e. The Kier molecular flexibility index (Phi) is 6.16. The minimum atomic E-state index is 0.664. The Bertz CT molecular complexity index is 196. The first kappa shape index (κ1) is 13.7. The summed E-state index contributed by atoms with van der Waals surface area (Å²) < 4.78 is 0. The summed E-state index contributed by atoms with van der Waals surface area (Å²) in [6.07, 6.45) is 10.0. The molecule has 2 aliphatic rings. The quantitative estimate of drug-likeness (QED) is 0.838. The summed E-state index contributed by atoms with van der Waals surface area (Å²) in [5.74, 6) is 3.62. The van der Waals surface area contributed by atoms with E-state index in [9.17, 15) is 0 Å². The molecule has 0 amide bonds. The van der Waals surface area contributed by atoms with Gasteiger partial charge in [-0.1, -0.05) is 32.1 Å². The van der Waals surface area contributed by atoms with Crippen LogP contribution in [0.25, 0.3) is 0 Å². The van der Waals surface area contributed by atoms with Gasteiger partial charge < -0.3 is 5.73 Å². The van der Waals surface area contributed by atoms with Crippen molar-refractivity contribution in [2.45, 2.75) is 51.0 Å². The maximum Gasteiger partial charge on any atom is 0.0221 e. The standard InChI is InChI=1S/C14H28N2S/c15-12-14(11-13-5-2-1-3-6-13)16-7-4-9-17-10-8-16/h13-14H,1-12,15H2. The van der Waals surface area contributed by atoms with E-state index in [-0.39, 0.29) is 0 Å². The SMILES string of the molecule is NCC(CC1CCCCC1)N1CCCSCC1. The molecule has 1 heterocycles. The molecule has 2 rings (SSSR count). The van der Waals surface area contributed by atoms with Crippen molar-refractivity contribution in [2.24, 2.45) is 11.7 Å². The van der Waals surface area contributed by atoms with E-state index in [0.717, 1.165) is 12.5 Å². The van der Waals surface area contributed by atoms with Crippen molar-refractivity contribution in [3.63, 3.8) is 0 Å². The lowest BCUT2D eigenvalue weighted by Gasteiger charge is -2.33. The van der Waals surface area contributed by atoms with E-state index in [1.165, 1.54) is 69.5 Å². The first-order valence-corrected chi connectivity index (χ1v) is 8.57. The molecule has 0 radical (unpaired) electrons. The second-order valence-electron chi connectivity index (χ2n) is 5.63. The molecule has 2 nitrogen and oxygen atoms in total. The number of hydrogen-bond donors (Lipinski definition) is 1. The lowest BCUT2D eigenvalue weighted by Crippen LogP contribution is -2.43. The van der Waals surface area contributed by atoms with Gasteiger partial charge in [-0.25, -0.2) is 0 Å². The fourth-order valence-electron chi connectivity index (χ4n) is 3.33. The Morgan fingerprint density at radius 2 is 1.88 bits per heavy atom. The van der Waals surface area contributed by atoms with Gasteiger partial charge in [-0.15, -0.1) is 0 Å². The summed E-state index contributed by atoms with van der Waals surface area (Å²) >= 11 is 2.11. The lowest BCUT2D eigenvalue weighted by molar-refractivity contribution is 0.170. The van der Waals surface area contributed by atoms with E-state index >= 15 is 0 Å². The van der Waals surface area contributed by atoms with Crippen LogP contribution in [-0.4, -0.2) is 42.1 Å². The van der Waals surface area contributed by atoms with E-state index in [1.807, 2.05) is 0 Å². The Morgan fingerprint density at radius 1 is 1.06 bits per heavy atom. The van der Waals surface area contributed by atoms with E-state index in [2.05, 4.69) is 16.7 Å². The highest BCUT2D eigenvalue weighted by Crippen LogP contribution is 2.28. The topological polar surface area (TPSA) is 29.3 Å². The average molecular weight is 256 g/mol. The van der Waals surface area contributed by atoms with Crippen LogP contribution in [-0.2, 0) is 0 Å². The molecule has 1 atom stereocenters. The van der Waals surface area contributed by atoms with Gasteiger partial charge in [0.05, 0.1) is 0 Å². The number of nitrogens with zero attached hydrogens (tertiary/aromatic N) is 1. The molecule has 17 heavy (non-hydrogen) atoms. The molecule has 2 fully saturated rings. The summed E-state index contributed by atoms with van der Waals surface area (Å²) in [7, 11) is 0. The third-order valence-electron chi connectivity index (χ3n) is 4.38. The molecular weight excluding hydrogens is 228 g/mol. The normalized spacial score (nSPS) is 26.6. The van der Waals surface area contributed by atoms with Crippen molar-refractivity contribution < 1.29 is 0 Å². The van der Waals surface area contributed by atoms with Gasteiger partial charge in [-0.2, -0.15) is 11.8 Å². The predicted octanol–water partition coefficient (Wildman–Crippen LogP) is 2.72. The monoisotopic (exact) mass is 256 g/mol. The van der Waals surface area contributed by atoms with E-state index in [0.29, 0.717) is 6.04 Å². The zero-order chi connectivity index (χ0) is 11.9. The van der Waals surface area contributed by atoms with Crippen LogP contribution in [0.15, 0.2) is 0 Å². The van der Waals surface area contributed by atoms with Crippen LogP contribution in [0.3, 0.4) is 0 Å². The Balaban J connectivity index is 1.81. The molecule has 0 spiro atoms. The van der Waals surface area contributed by atoms with Gasteiger partial charge in [0.2, 0.25) is 0 Å². The summed E-state index contributed by atoms with van der Waals surface area (Å²) in [5, 5.41) is 0. The molecule has 0 aromatic carbocycles. The second-order valence-corrected chi connectivity index (χ2v) is 6.86. The van der Waals surface area contributed by atoms with Crippen LogP contribution in [0.5, 0.6) is 0 Å². The second kappa shape index (κ2) is 7.65. The Labute approximate surface area is 111 Å². The predicted molar refractivity (Wildman–Crippen MR) is 77.5 cm³/mol. The first-order valence-electron chi connectivity index (χ1n) is 7.42. The average Bonchev–Trinajstić information content (AvgIpc) is 2.66. The van der Waals surface area contributed by atoms with E-state index in [4.69, 9.17) is 5.73 Å². The molecule has 2 N–H and O–H groups in total.